The standard InChI is InChI=1S/C16H17ClFN/c17-15-12-14(18)9-10-16(15)19-11-5-4-8-13-6-2-1-3-7-13/h1-3,6-7,9-10,12,19H,4-5,8,11H2. The van der Waals surface area contributed by atoms with Crippen molar-refractivity contribution in [2.24, 2.45) is 0 Å². The summed E-state index contributed by atoms with van der Waals surface area (Å²) in [6.45, 7) is 0.845. The molecule has 2 rings (SSSR count). The van der Waals surface area contributed by atoms with Crippen molar-refractivity contribution >= 4 is 17.3 Å². The van der Waals surface area contributed by atoms with Gasteiger partial charge in [-0.05, 0) is 43.0 Å². The van der Waals surface area contributed by atoms with E-state index >= 15 is 0 Å². The maximum atomic E-state index is 12.9. The molecular weight excluding hydrogens is 261 g/mol. The molecule has 2 aromatic carbocycles. The van der Waals surface area contributed by atoms with Gasteiger partial charge in [-0.2, -0.15) is 0 Å². The van der Waals surface area contributed by atoms with Gasteiger partial charge in [0.1, 0.15) is 5.82 Å². The molecule has 0 amide bonds. The Morgan fingerprint density at radius 3 is 2.53 bits per heavy atom. The van der Waals surface area contributed by atoms with Crippen molar-refractivity contribution in [3.8, 4) is 0 Å². The number of unbranched alkanes of at least 4 members (excludes halogenated alkanes) is 1. The second kappa shape index (κ2) is 7.15. The highest BCUT2D eigenvalue weighted by atomic mass is 35.5. The van der Waals surface area contributed by atoms with Crippen LogP contribution in [0, 0.1) is 5.82 Å². The molecule has 0 aliphatic rings. The Balaban J connectivity index is 1.69. The van der Waals surface area contributed by atoms with Crippen LogP contribution in [0.25, 0.3) is 0 Å². The monoisotopic (exact) mass is 277 g/mol. The van der Waals surface area contributed by atoms with Gasteiger partial charge in [0, 0.05) is 6.54 Å². The van der Waals surface area contributed by atoms with Crippen LogP contribution < -0.4 is 5.32 Å². The van der Waals surface area contributed by atoms with Crippen molar-refractivity contribution in [2.75, 3.05) is 11.9 Å². The zero-order chi connectivity index (χ0) is 13.5. The summed E-state index contributed by atoms with van der Waals surface area (Å²) in [6, 6.07) is 14.9. The normalized spacial score (nSPS) is 10.4. The first-order valence-corrected chi connectivity index (χ1v) is 6.86. The summed E-state index contributed by atoms with van der Waals surface area (Å²) in [5.74, 6) is -0.306. The van der Waals surface area contributed by atoms with Gasteiger partial charge in [-0.25, -0.2) is 4.39 Å². The van der Waals surface area contributed by atoms with Crippen LogP contribution in [0.15, 0.2) is 48.5 Å². The van der Waals surface area contributed by atoms with Gasteiger partial charge in [-0.15, -0.1) is 0 Å². The van der Waals surface area contributed by atoms with E-state index in [9.17, 15) is 4.39 Å². The van der Waals surface area contributed by atoms with Gasteiger partial charge in [0.05, 0.1) is 10.7 Å². The third kappa shape index (κ3) is 4.56. The molecule has 19 heavy (non-hydrogen) atoms. The molecule has 1 N–H and O–H groups in total. The average Bonchev–Trinajstić information content (AvgIpc) is 2.42. The van der Waals surface area contributed by atoms with Gasteiger partial charge in [0.2, 0.25) is 0 Å². The minimum absolute atomic E-state index is 0.306. The Morgan fingerprint density at radius 1 is 1.00 bits per heavy atom. The lowest BCUT2D eigenvalue weighted by Gasteiger charge is -2.08. The Labute approximate surface area is 118 Å². The molecule has 0 aliphatic carbocycles. The maximum Gasteiger partial charge on any atom is 0.124 e. The number of nitrogens with one attached hydrogen (secondary N) is 1. The van der Waals surface area contributed by atoms with E-state index in [1.54, 1.807) is 6.07 Å². The summed E-state index contributed by atoms with van der Waals surface area (Å²) < 4.78 is 12.9. The minimum Gasteiger partial charge on any atom is -0.384 e. The van der Waals surface area contributed by atoms with E-state index in [1.807, 2.05) is 6.07 Å². The van der Waals surface area contributed by atoms with E-state index in [2.05, 4.69) is 29.6 Å². The fourth-order valence-electron chi connectivity index (χ4n) is 1.95. The molecule has 0 unspecified atom stereocenters. The summed E-state index contributed by atoms with van der Waals surface area (Å²) in [6.07, 6.45) is 3.26. The molecule has 0 heterocycles. The number of aryl methyl sites for hydroxylation is 1. The molecule has 0 spiro atoms. The molecule has 0 aromatic heterocycles. The van der Waals surface area contributed by atoms with Crippen molar-refractivity contribution in [3.05, 3.63) is 64.9 Å². The van der Waals surface area contributed by atoms with Gasteiger partial charge in [0.25, 0.3) is 0 Å². The summed E-state index contributed by atoms with van der Waals surface area (Å²) in [5, 5.41) is 3.66. The summed E-state index contributed by atoms with van der Waals surface area (Å²) in [5.41, 5.74) is 2.16. The van der Waals surface area contributed by atoms with Crippen LogP contribution in [0.2, 0.25) is 5.02 Å². The van der Waals surface area contributed by atoms with E-state index in [1.165, 1.54) is 17.7 Å². The molecule has 0 aliphatic heterocycles. The number of rotatable bonds is 6. The second-order valence-corrected chi connectivity index (χ2v) is 4.90. The van der Waals surface area contributed by atoms with E-state index in [0.29, 0.717) is 5.02 Å². The molecule has 0 radical (unpaired) electrons. The molecule has 0 saturated carbocycles. The highest BCUT2D eigenvalue weighted by Crippen LogP contribution is 2.22. The Kier molecular flexibility index (Phi) is 5.22. The van der Waals surface area contributed by atoms with Crippen LogP contribution >= 0.6 is 11.6 Å². The number of hydrogen-bond acceptors (Lipinski definition) is 1. The van der Waals surface area contributed by atoms with Crippen molar-refractivity contribution in [1.82, 2.24) is 0 Å². The zero-order valence-electron chi connectivity index (χ0n) is 10.7. The fourth-order valence-corrected chi connectivity index (χ4v) is 2.19. The number of hydrogen-bond donors (Lipinski definition) is 1. The lowest BCUT2D eigenvalue weighted by molar-refractivity contribution is 0.628. The first-order chi connectivity index (χ1) is 9.25. The summed E-state index contributed by atoms with van der Waals surface area (Å²) in [7, 11) is 0. The van der Waals surface area contributed by atoms with Gasteiger partial charge in [-0.1, -0.05) is 41.9 Å². The molecule has 3 heteroatoms. The van der Waals surface area contributed by atoms with Crippen LogP contribution in [-0.2, 0) is 6.42 Å². The largest absolute Gasteiger partial charge is 0.384 e. The minimum atomic E-state index is -0.306. The van der Waals surface area contributed by atoms with E-state index in [0.717, 1.165) is 31.5 Å². The topological polar surface area (TPSA) is 12.0 Å². The Morgan fingerprint density at radius 2 is 1.79 bits per heavy atom. The molecule has 0 saturated heterocycles. The van der Waals surface area contributed by atoms with Crippen molar-refractivity contribution in [1.29, 1.82) is 0 Å². The first-order valence-electron chi connectivity index (χ1n) is 6.48. The Bertz CT molecular complexity index is 513. The summed E-state index contributed by atoms with van der Waals surface area (Å²) >= 11 is 5.94. The van der Waals surface area contributed by atoms with Crippen LogP contribution in [0.5, 0.6) is 0 Å². The average molecular weight is 278 g/mol. The lowest BCUT2D eigenvalue weighted by atomic mass is 10.1. The quantitative estimate of drug-likeness (QED) is 0.740. The van der Waals surface area contributed by atoms with E-state index < -0.39 is 0 Å². The zero-order valence-corrected chi connectivity index (χ0v) is 11.5. The number of anilines is 1. The number of benzene rings is 2. The molecule has 0 fully saturated rings. The van der Waals surface area contributed by atoms with E-state index in [4.69, 9.17) is 11.6 Å². The van der Waals surface area contributed by atoms with Gasteiger partial charge in [-0.3, -0.25) is 0 Å². The molecule has 0 atom stereocenters. The van der Waals surface area contributed by atoms with Crippen molar-refractivity contribution < 1.29 is 4.39 Å². The van der Waals surface area contributed by atoms with Crippen LogP contribution in [-0.4, -0.2) is 6.54 Å². The molecule has 100 valence electrons. The molecule has 0 bridgehead atoms. The molecule has 2 aromatic rings. The van der Waals surface area contributed by atoms with Gasteiger partial charge >= 0.3 is 0 Å². The SMILES string of the molecule is Fc1ccc(NCCCCc2ccccc2)c(Cl)c1. The predicted molar refractivity (Wildman–Crippen MR) is 79.3 cm³/mol. The highest BCUT2D eigenvalue weighted by molar-refractivity contribution is 6.33. The molecular formula is C16H17ClFN. The Hall–Kier alpha value is -1.54. The van der Waals surface area contributed by atoms with Crippen LogP contribution in [0.1, 0.15) is 18.4 Å². The third-order valence-corrected chi connectivity index (χ3v) is 3.29. The maximum absolute atomic E-state index is 12.9. The van der Waals surface area contributed by atoms with E-state index in [-0.39, 0.29) is 5.82 Å². The lowest BCUT2D eigenvalue weighted by Crippen LogP contribution is -2.02. The van der Waals surface area contributed by atoms with Gasteiger partial charge < -0.3 is 5.32 Å². The smallest absolute Gasteiger partial charge is 0.124 e. The third-order valence-electron chi connectivity index (χ3n) is 2.98. The fraction of sp³-hybridized carbons (Fsp3) is 0.250. The van der Waals surface area contributed by atoms with Gasteiger partial charge in [0.15, 0.2) is 0 Å². The number of halogens is 2. The summed E-state index contributed by atoms with van der Waals surface area (Å²) in [4.78, 5) is 0. The highest BCUT2D eigenvalue weighted by Gasteiger charge is 2.00. The van der Waals surface area contributed by atoms with Crippen molar-refractivity contribution in [2.45, 2.75) is 19.3 Å². The predicted octanol–water partition coefficient (Wildman–Crippen LogP) is 4.91. The first kappa shape index (κ1) is 13.9. The van der Waals surface area contributed by atoms with Crippen molar-refractivity contribution in [3.63, 3.8) is 0 Å². The van der Waals surface area contributed by atoms with Crippen LogP contribution in [0.3, 0.4) is 0 Å². The molecule has 1 nitrogen and oxygen atoms in total. The second-order valence-electron chi connectivity index (χ2n) is 4.49. The van der Waals surface area contributed by atoms with Crippen LogP contribution in [0.4, 0.5) is 10.1 Å².